The van der Waals surface area contributed by atoms with Gasteiger partial charge in [0.05, 0.1) is 6.21 Å². The van der Waals surface area contributed by atoms with Crippen molar-refractivity contribution < 1.29 is 4.79 Å². The Bertz CT molecular complexity index is 675. The van der Waals surface area contributed by atoms with Gasteiger partial charge in [0.2, 0.25) is 0 Å². The SMILES string of the molecule is CSc1ccc(/C=N/NC(=O)c2n[nH]c3c2CCC3)cc1. The average molecular weight is 300 g/mol. The van der Waals surface area contributed by atoms with Gasteiger partial charge in [0, 0.05) is 16.2 Å². The van der Waals surface area contributed by atoms with Crippen LogP contribution in [0.4, 0.5) is 0 Å². The van der Waals surface area contributed by atoms with E-state index in [1.165, 1.54) is 4.90 Å². The van der Waals surface area contributed by atoms with Gasteiger partial charge in [-0.15, -0.1) is 11.8 Å². The van der Waals surface area contributed by atoms with Crippen LogP contribution in [-0.2, 0) is 12.8 Å². The molecule has 0 fully saturated rings. The molecule has 0 saturated carbocycles. The quantitative estimate of drug-likeness (QED) is 0.517. The molecule has 0 bridgehead atoms. The number of nitrogens with one attached hydrogen (secondary N) is 2. The smallest absolute Gasteiger partial charge is 0.281 e. The minimum Gasteiger partial charge on any atom is -0.281 e. The number of aromatic amines is 1. The average Bonchev–Trinajstić information content (AvgIpc) is 3.10. The van der Waals surface area contributed by atoms with E-state index < -0.39 is 0 Å². The predicted octanol–water partition coefficient (Wildman–Crippen LogP) is 2.38. The third kappa shape index (κ3) is 3.00. The van der Waals surface area contributed by atoms with E-state index in [0.29, 0.717) is 5.69 Å². The van der Waals surface area contributed by atoms with Gasteiger partial charge in [0.15, 0.2) is 5.69 Å². The zero-order chi connectivity index (χ0) is 14.7. The molecule has 1 aliphatic rings. The second-order valence-electron chi connectivity index (χ2n) is 4.86. The normalized spacial score (nSPS) is 13.6. The van der Waals surface area contributed by atoms with Crippen LogP contribution in [0.15, 0.2) is 34.3 Å². The topological polar surface area (TPSA) is 70.1 Å². The number of H-pyrrole nitrogens is 1. The summed E-state index contributed by atoms with van der Waals surface area (Å²) >= 11 is 1.69. The number of carbonyl (C=O) groups excluding carboxylic acids is 1. The van der Waals surface area contributed by atoms with Crippen LogP contribution >= 0.6 is 11.8 Å². The molecule has 2 aromatic rings. The molecule has 6 heteroatoms. The first-order valence-electron chi connectivity index (χ1n) is 6.81. The first kappa shape index (κ1) is 13.9. The van der Waals surface area contributed by atoms with Gasteiger partial charge in [0.25, 0.3) is 5.91 Å². The van der Waals surface area contributed by atoms with Crippen LogP contribution in [0.25, 0.3) is 0 Å². The van der Waals surface area contributed by atoms with E-state index in [-0.39, 0.29) is 5.91 Å². The van der Waals surface area contributed by atoms with E-state index in [1.807, 2.05) is 30.5 Å². The van der Waals surface area contributed by atoms with Crippen LogP contribution in [0, 0.1) is 0 Å². The lowest BCUT2D eigenvalue weighted by atomic mass is 10.2. The fraction of sp³-hybridized carbons (Fsp3) is 0.267. The molecule has 5 nitrogen and oxygen atoms in total. The van der Waals surface area contributed by atoms with Gasteiger partial charge in [-0.25, -0.2) is 5.43 Å². The number of hydrogen-bond donors (Lipinski definition) is 2. The maximum absolute atomic E-state index is 12.0. The Morgan fingerprint density at radius 3 is 2.95 bits per heavy atom. The number of rotatable bonds is 4. The van der Waals surface area contributed by atoms with Crippen LogP contribution in [-0.4, -0.2) is 28.6 Å². The monoisotopic (exact) mass is 300 g/mol. The third-order valence-corrected chi connectivity index (χ3v) is 4.26. The van der Waals surface area contributed by atoms with Crippen molar-refractivity contribution in [3.05, 3.63) is 46.8 Å². The molecule has 1 aromatic heterocycles. The number of amides is 1. The second kappa shape index (κ2) is 6.13. The highest BCUT2D eigenvalue weighted by Crippen LogP contribution is 2.22. The van der Waals surface area contributed by atoms with Crippen molar-refractivity contribution in [2.75, 3.05) is 6.26 Å². The van der Waals surface area contributed by atoms with Crippen LogP contribution in [0.1, 0.15) is 33.7 Å². The molecule has 0 aliphatic heterocycles. The van der Waals surface area contributed by atoms with Gasteiger partial charge in [-0.05, 0) is 43.2 Å². The van der Waals surface area contributed by atoms with Gasteiger partial charge in [-0.2, -0.15) is 10.2 Å². The van der Waals surface area contributed by atoms with E-state index >= 15 is 0 Å². The number of nitrogens with zero attached hydrogens (tertiary/aromatic N) is 2. The van der Waals surface area contributed by atoms with Crippen molar-refractivity contribution in [1.82, 2.24) is 15.6 Å². The Labute approximate surface area is 127 Å². The second-order valence-corrected chi connectivity index (χ2v) is 5.73. The molecule has 0 saturated heterocycles. The summed E-state index contributed by atoms with van der Waals surface area (Å²) in [6.07, 6.45) is 6.63. The van der Waals surface area contributed by atoms with E-state index in [1.54, 1.807) is 18.0 Å². The molecule has 0 radical (unpaired) electrons. The van der Waals surface area contributed by atoms with Crippen LogP contribution in [0.3, 0.4) is 0 Å². The first-order chi connectivity index (χ1) is 10.3. The van der Waals surface area contributed by atoms with E-state index in [2.05, 4.69) is 20.7 Å². The highest BCUT2D eigenvalue weighted by atomic mass is 32.2. The number of carbonyl (C=O) groups is 1. The number of fused-ring (bicyclic) bond motifs is 1. The van der Waals surface area contributed by atoms with Crippen molar-refractivity contribution in [2.45, 2.75) is 24.2 Å². The summed E-state index contributed by atoms with van der Waals surface area (Å²) in [5.41, 5.74) is 6.06. The third-order valence-electron chi connectivity index (χ3n) is 3.52. The number of hydrogen-bond acceptors (Lipinski definition) is 4. The van der Waals surface area contributed by atoms with E-state index in [0.717, 1.165) is 36.1 Å². The predicted molar refractivity (Wildman–Crippen MR) is 83.9 cm³/mol. The highest BCUT2D eigenvalue weighted by molar-refractivity contribution is 7.98. The number of hydrazone groups is 1. The summed E-state index contributed by atoms with van der Waals surface area (Å²) in [6, 6.07) is 7.98. The molecular formula is C15H16N4OS. The van der Waals surface area contributed by atoms with Gasteiger partial charge in [-0.1, -0.05) is 12.1 Å². The van der Waals surface area contributed by atoms with Crippen molar-refractivity contribution in [3.8, 4) is 0 Å². The molecule has 2 N–H and O–H groups in total. The van der Waals surface area contributed by atoms with Crippen molar-refractivity contribution in [2.24, 2.45) is 5.10 Å². The lowest BCUT2D eigenvalue weighted by molar-refractivity contribution is 0.0949. The number of benzene rings is 1. The van der Waals surface area contributed by atoms with Crippen LogP contribution < -0.4 is 5.43 Å². The standard InChI is InChI=1S/C15H16N4OS/c1-21-11-7-5-10(6-8-11)9-16-19-15(20)14-12-3-2-4-13(12)17-18-14/h5-9H,2-4H2,1H3,(H,17,18)(H,19,20)/b16-9+. The van der Waals surface area contributed by atoms with Crippen molar-refractivity contribution in [1.29, 1.82) is 0 Å². The summed E-state index contributed by atoms with van der Waals surface area (Å²) in [5.74, 6) is -0.258. The first-order valence-corrected chi connectivity index (χ1v) is 8.04. The number of aryl methyl sites for hydroxylation is 1. The fourth-order valence-corrected chi connectivity index (χ4v) is 2.82. The zero-order valence-electron chi connectivity index (χ0n) is 11.7. The summed E-state index contributed by atoms with van der Waals surface area (Å²) in [7, 11) is 0. The Hall–Kier alpha value is -2.08. The molecule has 0 spiro atoms. The Balaban J connectivity index is 1.63. The Morgan fingerprint density at radius 1 is 1.38 bits per heavy atom. The van der Waals surface area contributed by atoms with Crippen molar-refractivity contribution in [3.63, 3.8) is 0 Å². The molecule has 0 unspecified atom stereocenters. The fourth-order valence-electron chi connectivity index (χ4n) is 2.42. The molecular weight excluding hydrogens is 284 g/mol. The number of thioether (sulfide) groups is 1. The Morgan fingerprint density at radius 2 is 2.19 bits per heavy atom. The zero-order valence-corrected chi connectivity index (χ0v) is 12.5. The maximum atomic E-state index is 12.0. The molecule has 1 heterocycles. The van der Waals surface area contributed by atoms with Gasteiger partial charge in [-0.3, -0.25) is 9.89 Å². The molecule has 1 amide bonds. The summed E-state index contributed by atoms with van der Waals surface area (Å²) in [5, 5.41) is 11.0. The molecule has 3 rings (SSSR count). The molecule has 1 aromatic carbocycles. The maximum Gasteiger partial charge on any atom is 0.292 e. The summed E-state index contributed by atoms with van der Waals surface area (Å²) < 4.78 is 0. The largest absolute Gasteiger partial charge is 0.292 e. The van der Waals surface area contributed by atoms with Gasteiger partial charge in [0.1, 0.15) is 0 Å². The summed E-state index contributed by atoms with van der Waals surface area (Å²) in [6.45, 7) is 0. The lowest BCUT2D eigenvalue weighted by Crippen LogP contribution is -2.19. The minimum atomic E-state index is -0.258. The van der Waals surface area contributed by atoms with E-state index in [9.17, 15) is 4.79 Å². The molecule has 108 valence electrons. The number of aromatic nitrogens is 2. The highest BCUT2D eigenvalue weighted by Gasteiger charge is 2.22. The van der Waals surface area contributed by atoms with Gasteiger partial charge < -0.3 is 0 Å². The van der Waals surface area contributed by atoms with E-state index in [4.69, 9.17) is 0 Å². The lowest BCUT2D eigenvalue weighted by Gasteiger charge is -1.99. The summed E-state index contributed by atoms with van der Waals surface area (Å²) in [4.78, 5) is 13.2. The Kier molecular flexibility index (Phi) is 4.06. The molecule has 1 aliphatic carbocycles. The van der Waals surface area contributed by atoms with Crippen LogP contribution in [0.2, 0.25) is 0 Å². The van der Waals surface area contributed by atoms with Gasteiger partial charge >= 0.3 is 0 Å². The van der Waals surface area contributed by atoms with Crippen molar-refractivity contribution >= 4 is 23.9 Å². The molecule has 21 heavy (non-hydrogen) atoms. The van der Waals surface area contributed by atoms with Crippen LogP contribution in [0.5, 0.6) is 0 Å². The molecule has 0 atom stereocenters. The minimum absolute atomic E-state index is 0.258.